The Kier molecular flexibility index (Phi) is 3.76. The van der Waals surface area contributed by atoms with E-state index in [4.69, 9.17) is 11.6 Å². The second kappa shape index (κ2) is 5.17. The molecule has 0 saturated heterocycles. The maximum absolute atomic E-state index is 12.4. The zero-order valence-corrected chi connectivity index (χ0v) is 12.1. The van der Waals surface area contributed by atoms with Crippen LogP contribution in [0.5, 0.6) is 0 Å². The van der Waals surface area contributed by atoms with E-state index in [-0.39, 0.29) is 11.4 Å². The number of benzene rings is 1. The SMILES string of the molecule is CCC(C)(C)NC(=O)c1cc(Cl)nc2ccccc12. The molecule has 0 bridgehead atoms. The third-order valence-electron chi connectivity index (χ3n) is 3.27. The first kappa shape index (κ1) is 13.8. The number of nitrogens with one attached hydrogen (secondary N) is 1. The van der Waals surface area contributed by atoms with E-state index in [0.717, 1.165) is 17.3 Å². The minimum Gasteiger partial charge on any atom is -0.347 e. The molecule has 1 heterocycles. The van der Waals surface area contributed by atoms with Gasteiger partial charge in [-0.2, -0.15) is 0 Å². The Labute approximate surface area is 118 Å². The first-order valence-corrected chi connectivity index (χ1v) is 6.68. The van der Waals surface area contributed by atoms with E-state index >= 15 is 0 Å². The summed E-state index contributed by atoms with van der Waals surface area (Å²) in [5.74, 6) is -0.118. The predicted molar refractivity (Wildman–Crippen MR) is 78.6 cm³/mol. The van der Waals surface area contributed by atoms with E-state index in [1.54, 1.807) is 6.07 Å². The van der Waals surface area contributed by atoms with Crippen LogP contribution < -0.4 is 5.32 Å². The molecule has 1 aromatic carbocycles. The minimum atomic E-state index is -0.242. The molecule has 0 aliphatic heterocycles. The quantitative estimate of drug-likeness (QED) is 0.866. The third-order valence-corrected chi connectivity index (χ3v) is 3.46. The van der Waals surface area contributed by atoms with Gasteiger partial charge in [-0.05, 0) is 32.4 Å². The van der Waals surface area contributed by atoms with Gasteiger partial charge in [0.15, 0.2) is 0 Å². The molecule has 2 rings (SSSR count). The molecule has 0 aliphatic carbocycles. The molecule has 2 aromatic rings. The molecule has 0 saturated carbocycles. The van der Waals surface area contributed by atoms with Crippen LogP contribution in [0.2, 0.25) is 5.15 Å². The van der Waals surface area contributed by atoms with E-state index in [1.165, 1.54) is 0 Å². The molecule has 0 aliphatic rings. The molecule has 1 amide bonds. The Hall–Kier alpha value is -1.61. The molecule has 0 fully saturated rings. The monoisotopic (exact) mass is 276 g/mol. The third kappa shape index (κ3) is 3.04. The maximum Gasteiger partial charge on any atom is 0.252 e. The molecule has 3 nitrogen and oxygen atoms in total. The van der Waals surface area contributed by atoms with E-state index in [1.807, 2.05) is 45.0 Å². The molecular formula is C15H17ClN2O. The van der Waals surface area contributed by atoms with Gasteiger partial charge < -0.3 is 5.32 Å². The van der Waals surface area contributed by atoms with E-state index < -0.39 is 0 Å². The highest BCUT2D eigenvalue weighted by molar-refractivity contribution is 6.30. The Morgan fingerprint density at radius 1 is 1.37 bits per heavy atom. The van der Waals surface area contributed by atoms with Crippen LogP contribution in [-0.2, 0) is 0 Å². The van der Waals surface area contributed by atoms with Crippen molar-refractivity contribution in [3.63, 3.8) is 0 Å². The number of carbonyl (C=O) groups is 1. The van der Waals surface area contributed by atoms with E-state index in [0.29, 0.717) is 10.7 Å². The Bertz CT molecular complexity index is 623. The molecule has 0 atom stereocenters. The van der Waals surface area contributed by atoms with Gasteiger partial charge in [-0.25, -0.2) is 4.98 Å². The molecule has 1 N–H and O–H groups in total. The van der Waals surface area contributed by atoms with Crippen LogP contribution in [0.4, 0.5) is 0 Å². The predicted octanol–water partition coefficient (Wildman–Crippen LogP) is 3.81. The summed E-state index contributed by atoms with van der Waals surface area (Å²) < 4.78 is 0. The second-order valence-electron chi connectivity index (χ2n) is 5.20. The van der Waals surface area contributed by atoms with Crippen LogP contribution in [0.15, 0.2) is 30.3 Å². The van der Waals surface area contributed by atoms with Crippen LogP contribution in [0.3, 0.4) is 0 Å². The zero-order valence-electron chi connectivity index (χ0n) is 11.3. The van der Waals surface area contributed by atoms with Gasteiger partial charge in [0.25, 0.3) is 5.91 Å². The average Bonchev–Trinajstić information content (AvgIpc) is 2.37. The largest absolute Gasteiger partial charge is 0.347 e. The van der Waals surface area contributed by atoms with E-state index in [2.05, 4.69) is 10.3 Å². The van der Waals surface area contributed by atoms with Crippen LogP contribution in [0.1, 0.15) is 37.6 Å². The number of carbonyl (C=O) groups excluding carboxylic acids is 1. The number of hydrogen-bond acceptors (Lipinski definition) is 2. The lowest BCUT2D eigenvalue weighted by Crippen LogP contribution is -2.42. The number of pyridine rings is 1. The zero-order chi connectivity index (χ0) is 14.0. The van der Waals surface area contributed by atoms with Crippen LogP contribution in [-0.4, -0.2) is 16.4 Å². The van der Waals surface area contributed by atoms with Crippen molar-refractivity contribution in [1.29, 1.82) is 0 Å². The topological polar surface area (TPSA) is 42.0 Å². The van der Waals surface area contributed by atoms with Gasteiger partial charge in [0.05, 0.1) is 11.1 Å². The summed E-state index contributed by atoms with van der Waals surface area (Å²) in [5, 5.41) is 4.16. The van der Waals surface area contributed by atoms with Gasteiger partial charge in [-0.1, -0.05) is 36.7 Å². The number of amides is 1. The summed E-state index contributed by atoms with van der Waals surface area (Å²) in [4.78, 5) is 16.6. The molecular weight excluding hydrogens is 260 g/mol. The van der Waals surface area contributed by atoms with Crippen molar-refractivity contribution in [2.24, 2.45) is 0 Å². The van der Waals surface area contributed by atoms with Crippen molar-refractivity contribution in [1.82, 2.24) is 10.3 Å². The molecule has 100 valence electrons. The number of halogens is 1. The number of nitrogens with zero attached hydrogens (tertiary/aromatic N) is 1. The molecule has 1 aromatic heterocycles. The lowest BCUT2D eigenvalue weighted by molar-refractivity contribution is 0.0913. The summed E-state index contributed by atoms with van der Waals surface area (Å²) in [6.07, 6.45) is 0.857. The standard InChI is InChI=1S/C15H17ClN2O/c1-4-15(2,3)18-14(19)11-9-13(16)17-12-8-6-5-7-10(11)12/h5-9H,4H2,1-3H3,(H,18,19). The molecule has 4 heteroatoms. The highest BCUT2D eigenvalue weighted by Gasteiger charge is 2.20. The number of hydrogen-bond donors (Lipinski definition) is 1. The van der Waals surface area contributed by atoms with Gasteiger partial charge in [-0.15, -0.1) is 0 Å². The Morgan fingerprint density at radius 3 is 2.74 bits per heavy atom. The summed E-state index contributed by atoms with van der Waals surface area (Å²) >= 11 is 5.98. The molecule has 0 spiro atoms. The van der Waals surface area contributed by atoms with Crippen molar-refractivity contribution in [2.45, 2.75) is 32.7 Å². The number of rotatable bonds is 3. The maximum atomic E-state index is 12.4. The van der Waals surface area contributed by atoms with Crippen LogP contribution in [0.25, 0.3) is 10.9 Å². The van der Waals surface area contributed by atoms with Crippen LogP contribution in [0, 0.1) is 0 Å². The summed E-state index contributed by atoms with van der Waals surface area (Å²) in [5.41, 5.74) is 1.06. The molecule has 0 radical (unpaired) electrons. The van der Waals surface area contributed by atoms with Crippen LogP contribution >= 0.6 is 11.6 Å². The lowest BCUT2D eigenvalue weighted by atomic mass is 10.0. The first-order valence-electron chi connectivity index (χ1n) is 6.31. The minimum absolute atomic E-state index is 0.118. The summed E-state index contributed by atoms with van der Waals surface area (Å²) in [6.45, 7) is 6.03. The lowest BCUT2D eigenvalue weighted by Gasteiger charge is -2.24. The highest BCUT2D eigenvalue weighted by atomic mass is 35.5. The number of aromatic nitrogens is 1. The average molecular weight is 277 g/mol. The normalized spacial score (nSPS) is 11.6. The van der Waals surface area contributed by atoms with E-state index in [9.17, 15) is 4.79 Å². The number of fused-ring (bicyclic) bond motifs is 1. The van der Waals surface area contributed by atoms with Crippen molar-refractivity contribution < 1.29 is 4.79 Å². The Balaban J connectivity index is 2.47. The highest BCUT2D eigenvalue weighted by Crippen LogP contribution is 2.21. The number of para-hydroxylation sites is 1. The smallest absolute Gasteiger partial charge is 0.252 e. The molecule has 19 heavy (non-hydrogen) atoms. The van der Waals surface area contributed by atoms with Gasteiger partial charge in [0.1, 0.15) is 5.15 Å². The summed E-state index contributed by atoms with van der Waals surface area (Å²) in [7, 11) is 0. The van der Waals surface area contributed by atoms with Crippen molar-refractivity contribution >= 4 is 28.4 Å². The molecule has 0 unspecified atom stereocenters. The fraction of sp³-hybridized carbons (Fsp3) is 0.333. The van der Waals surface area contributed by atoms with Crippen molar-refractivity contribution in [3.8, 4) is 0 Å². The Morgan fingerprint density at radius 2 is 2.05 bits per heavy atom. The van der Waals surface area contributed by atoms with Gasteiger partial charge >= 0.3 is 0 Å². The summed E-state index contributed by atoms with van der Waals surface area (Å²) in [6, 6.07) is 9.11. The fourth-order valence-corrected chi connectivity index (χ4v) is 1.99. The van der Waals surface area contributed by atoms with Crippen molar-refractivity contribution in [2.75, 3.05) is 0 Å². The second-order valence-corrected chi connectivity index (χ2v) is 5.59. The fourth-order valence-electron chi connectivity index (χ4n) is 1.79. The van der Waals surface area contributed by atoms with Gasteiger partial charge in [-0.3, -0.25) is 4.79 Å². The van der Waals surface area contributed by atoms with Crippen molar-refractivity contribution in [3.05, 3.63) is 41.0 Å². The van der Waals surface area contributed by atoms with Gasteiger partial charge in [0.2, 0.25) is 0 Å². The first-order chi connectivity index (χ1) is 8.93. The van der Waals surface area contributed by atoms with Gasteiger partial charge in [0, 0.05) is 10.9 Å².